The van der Waals surface area contributed by atoms with Crippen LogP contribution >= 0.6 is 23.2 Å². The van der Waals surface area contributed by atoms with Crippen LogP contribution in [0.1, 0.15) is 18.4 Å². The summed E-state index contributed by atoms with van der Waals surface area (Å²) in [5.41, 5.74) is 0.923. The van der Waals surface area contributed by atoms with Gasteiger partial charge in [-0.3, -0.25) is 0 Å². The van der Waals surface area contributed by atoms with Crippen molar-refractivity contribution in [3.8, 4) is 5.75 Å². The second-order valence-electron chi connectivity index (χ2n) is 3.83. The monoisotopic (exact) mass is 260 g/mol. The van der Waals surface area contributed by atoms with Crippen molar-refractivity contribution in [1.82, 2.24) is 0 Å². The lowest BCUT2D eigenvalue weighted by Crippen LogP contribution is -2.16. The summed E-state index contributed by atoms with van der Waals surface area (Å²) in [6.07, 6.45) is 2.42. The number of benzene rings is 1. The maximum atomic E-state index is 5.88. The molecule has 1 unspecified atom stereocenters. The Kier molecular flexibility index (Phi) is 4.33. The Balaban J connectivity index is 1.97. The van der Waals surface area contributed by atoms with Crippen LogP contribution in [0.5, 0.6) is 5.75 Å². The third kappa shape index (κ3) is 3.03. The van der Waals surface area contributed by atoms with Gasteiger partial charge in [0, 0.05) is 17.2 Å². The lowest BCUT2D eigenvalue weighted by Gasteiger charge is -2.13. The van der Waals surface area contributed by atoms with Gasteiger partial charge in [0.2, 0.25) is 0 Å². The summed E-state index contributed by atoms with van der Waals surface area (Å²) in [5.74, 6) is 1.21. The summed E-state index contributed by atoms with van der Waals surface area (Å²) >= 11 is 11.7. The summed E-state index contributed by atoms with van der Waals surface area (Å²) in [7, 11) is 0. The van der Waals surface area contributed by atoms with Crippen LogP contribution in [0.3, 0.4) is 0 Å². The summed E-state index contributed by atoms with van der Waals surface area (Å²) < 4.78 is 11.2. The van der Waals surface area contributed by atoms with Crippen LogP contribution in [0.25, 0.3) is 0 Å². The Morgan fingerprint density at radius 1 is 1.44 bits per heavy atom. The van der Waals surface area contributed by atoms with Crippen molar-refractivity contribution in [2.75, 3.05) is 13.2 Å². The van der Waals surface area contributed by atoms with Crippen LogP contribution in [0, 0.1) is 0 Å². The molecule has 0 aromatic heterocycles. The minimum Gasteiger partial charge on any atom is -0.491 e. The number of hydrogen-bond acceptors (Lipinski definition) is 2. The average Bonchev–Trinajstić information content (AvgIpc) is 2.80. The quantitative estimate of drug-likeness (QED) is 0.770. The zero-order chi connectivity index (χ0) is 11.4. The van der Waals surface area contributed by atoms with Gasteiger partial charge in [-0.05, 0) is 31.0 Å². The molecule has 1 aromatic carbocycles. The summed E-state index contributed by atoms with van der Waals surface area (Å²) in [6, 6.07) is 5.50. The number of ether oxygens (including phenoxy) is 2. The molecule has 0 amide bonds. The van der Waals surface area contributed by atoms with E-state index in [4.69, 9.17) is 32.7 Å². The van der Waals surface area contributed by atoms with E-state index in [1.807, 2.05) is 18.2 Å². The number of hydrogen-bond donors (Lipinski definition) is 0. The predicted octanol–water partition coefficient (Wildman–Crippen LogP) is 3.64. The van der Waals surface area contributed by atoms with Gasteiger partial charge >= 0.3 is 0 Å². The molecule has 4 heteroatoms. The highest BCUT2D eigenvalue weighted by Gasteiger charge is 2.16. The topological polar surface area (TPSA) is 18.5 Å². The molecular formula is C12H14Cl2O2. The van der Waals surface area contributed by atoms with Crippen LogP contribution in [0.2, 0.25) is 5.02 Å². The molecule has 1 aromatic rings. The standard InChI is InChI=1S/C12H14Cl2O2/c13-7-9-6-10(14)3-4-12(9)16-8-11-2-1-5-15-11/h3-4,6,11H,1-2,5,7-8H2. The zero-order valence-corrected chi connectivity index (χ0v) is 10.4. The predicted molar refractivity (Wildman–Crippen MR) is 65.5 cm³/mol. The van der Waals surface area contributed by atoms with E-state index in [2.05, 4.69) is 0 Å². The molecule has 0 bridgehead atoms. The third-order valence-electron chi connectivity index (χ3n) is 2.62. The maximum absolute atomic E-state index is 5.88. The van der Waals surface area contributed by atoms with Crippen molar-refractivity contribution in [3.05, 3.63) is 28.8 Å². The molecule has 16 heavy (non-hydrogen) atoms. The second-order valence-corrected chi connectivity index (χ2v) is 4.54. The normalized spacial score (nSPS) is 20.0. The first-order valence-electron chi connectivity index (χ1n) is 5.38. The van der Waals surface area contributed by atoms with E-state index in [9.17, 15) is 0 Å². The van der Waals surface area contributed by atoms with E-state index in [0.29, 0.717) is 17.5 Å². The fraction of sp³-hybridized carbons (Fsp3) is 0.500. The first kappa shape index (κ1) is 12.0. The maximum Gasteiger partial charge on any atom is 0.123 e. The van der Waals surface area contributed by atoms with Gasteiger partial charge in [0.15, 0.2) is 0 Å². The number of halogens is 2. The molecule has 2 rings (SSSR count). The van der Waals surface area contributed by atoms with Gasteiger partial charge in [-0.15, -0.1) is 11.6 Å². The van der Waals surface area contributed by atoms with Crippen molar-refractivity contribution in [2.45, 2.75) is 24.8 Å². The minimum absolute atomic E-state index is 0.221. The van der Waals surface area contributed by atoms with E-state index in [0.717, 1.165) is 30.8 Å². The molecule has 0 saturated carbocycles. The van der Waals surface area contributed by atoms with Crippen molar-refractivity contribution >= 4 is 23.2 Å². The smallest absolute Gasteiger partial charge is 0.123 e. The molecule has 0 aliphatic carbocycles. The molecule has 0 radical (unpaired) electrons. The van der Waals surface area contributed by atoms with Gasteiger partial charge in [-0.25, -0.2) is 0 Å². The van der Waals surface area contributed by atoms with Gasteiger partial charge < -0.3 is 9.47 Å². The van der Waals surface area contributed by atoms with Gasteiger partial charge in [-0.2, -0.15) is 0 Å². The summed E-state index contributed by atoms with van der Waals surface area (Å²) in [5, 5.41) is 0.681. The van der Waals surface area contributed by atoms with E-state index in [1.54, 1.807) is 0 Å². The van der Waals surface area contributed by atoms with Crippen LogP contribution < -0.4 is 4.74 Å². The highest BCUT2D eigenvalue weighted by Crippen LogP contribution is 2.25. The lowest BCUT2D eigenvalue weighted by molar-refractivity contribution is 0.0677. The number of alkyl halides is 1. The van der Waals surface area contributed by atoms with Gasteiger partial charge in [0.05, 0.1) is 12.0 Å². The lowest BCUT2D eigenvalue weighted by atomic mass is 10.2. The first-order valence-corrected chi connectivity index (χ1v) is 6.29. The fourth-order valence-corrected chi connectivity index (χ4v) is 2.16. The average molecular weight is 261 g/mol. The van der Waals surface area contributed by atoms with Crippen molar-refractivity contribution in [1.29, 1.82) is 0 Å². The zero-order valence-electron chi connectivity index (χ0n) is 8.92. The molecule has 1 atom stereocenters. The highest BCUT2D eigenvalue weighted by molar-refractivity contribution is 6.30. The molecular weight excluding hydrogens is 247 g/mol. The fourth-order valence-electron chi connectivity index (χ4n) is 1.75. The molecule has 2 nitrogen and oxygen atoms in total. The molecule has 1 aliphatic rings. The van der Waals surface area contributed by atoms with Crippen molar-refractivity contribution in [3.63, 3.8) is 0 Å². The highest BCUT2D eigenvalue weighted by atomic mass is 35.5. The molecule has 1 heterocycles. The second kappa shape index (κ2) is 5.76. The summed E-state index contributed by atoms with van der Waals surface area (Å²) in [6.45, 7) is 1.43. The first-order chi connectivity index (χ1) is 7.79. The van der Waals surface area contributed by atoms with Gasteiger partial charge in [0.25, 0.3) is 0 Å². The molecule has 88 valence electrons. The Morgan fingerprint density at radius 3 is 3.00 bits per heavy atom. The van der Waals surface area contributed by atoms with Gasteiger partial charge in [-0.1, -0.05) is 11.6 Å². The van der Waals surface area contributed by atoms with Gasteiger partial charge in [0.1, 0.15) is 12.4 Å². The van der Waals surface area contributed by atoms with Crippen LogP contribution in [-0.2, 0) is 10.6 Å². The van der Waals surface area contributed by atoms with Crippen molar-refractivity contribution < 1.29 is 9.47 Å². The molecule has 0 spiro atoms. The van der Waals surface area contributed by atoms with Crippen LogP contribution in [-0.4, -0.2) is 19.3 Å². The van der Waals surface area contributed by atoms with E-state index in [1.165, 1.54) is 0 Å². The largest absolute Gasteiger partial charge is 0.491 e. The molecule has 1 fully saturated rings. The third-order valence-corrected chi connectivity index (χ3v) is 3.14. The summed E-state index contributed by atoms with van der Waals surface area (Å²) in [4.78, 5) is 0. The molecule has 1 aliphatic heterocycles. The van der Waals surface area contributed by atoms with E-state index < -0.39 is 0 Å². The Bertz CT molecular complexity index is 349. The van der Waals surface area contributed by atoms with E-state index in [-0.39, 0.29) is 6.10 Å². The SMILES string of the molecule is ClCc1cc(Cl)ccc1OCC1CCCO1. The number of rotatable bonds is 4. The molecule has 0 N–H and O–H groups in total. The molecule has 1 saturated heterocycles. The van der Waals surface area contributed by atoms with Crippen molar-refractivity contribution in [2.24, 2.45) is 0 Å². The van der Waals surface area contributed by atoms with E-state index >= 15 is 0 Å². The minimum atomic E-state index is 0.221. The Morgan fingerprint density at radius 2 is 2.31 bits per heavy atom. The Hall–Kier alpha value is -0.440. The van der Waals surface area contributed by atoms with Crippen LogP contribution in [0.4, 0.5) is 0 Å². The van der Waals surface area contributed by atoms with Crippen LogP contribution in [0.15, 0.2) is 18.2 Å². The Labute approximate surface area is 105 Å².